The van der Waals surface area contributed by atoms with Gasteiger partial charge in [-0.2, -0.15) is 0 Å². The van der Waals surface area contributed by atoms with E-state index in [1.54, 1.807) is 6.08 Å². The van der Waals surface area contributed by atoms with Gasteiger partial charge in [0.15, 0.2) is 0 Å². The van der Waals surface area contributed by atoms with Crippen LogP contribution in [0.3, 0.4) is 0 Å². The average molecular weight is 736 g/mol. The van der Waals surface area contributed by atoms with Crippen molar-refractivity contribution in [2.75, 3.05) is 31.6 Å². The maximum Gasteiger partial charge on any atom is 0.469 e. The molecule has 4 amide bonds. The third-order valence-corrected chi connectivity index (χ3v) is 9.22. The maximum absolute atomic E-state index is 13.5. The van der Waals surface area contributed by atoms with Gasteiger partial charge in [0.05, 0.1) is 23.9 Å². The molecule has 16 heteroatoms. The Kier molecular flexibility index (Phi) is 11.5. The van der Waals surface area contributed by atoms with Gasteiger partial charge >= 0.3 is 13.9 Å². The molecule has 5 N–H and O–H groups in total. The monoisotopic (exact) mass is 735 g/mol. The molecular formula is C36H42N5O10P. The topological polar surface area (TPSA) is 209 Å². The average Bonchev–Trinajstić information content (AvgIpc) is 3.54. The highest BCUT2D eigenvalue weighted by Gasteiger charge is 2.40. The van der Waals surface area contributed by atoms with Gasteiger partial charge in [0.2, 0.25) is 5.91 Å². The number of hydroxylamine groups is 2. The summed E-state index contributed by atoms with van der Waals surface area (Å²) >= 11 is 0. The van der Waals surface area contributed by atoms with Crippen LogP contribution in [0.2, 0.25) is 0 Å². The summed E-state index contributed by atoms with van der Waals surface area (Å²) in [4.78, 5) is 78.7. The molecule has 15 nitrogen and oxygen atoms in total. The van der Waals surface area contributed by atoms with Crippen LogP contribution in [0.25, 0.3) is 27.9 Å². The van der Waals surface area contributed by atoms with Crippen molar-refractivity contribution in [3.8, 4) is 11.3 Å². The number of nitrogens with one attached hydrogen (secondary N) is 3. The highest BCUT2D eigenvalue weighted by molar-refractivity contribution is 7.46. The molecule has 2 aliphatic carbocycles. The lowest BCUT2D eigenvalue weighted by molar-refractivity contribution is -0.171. The SMILES string of the molecule is C=C1C=C(/C=C(\C)c2c3cc(C)/c(=N/CC)cc-3oc3cc(NCC)c(C)cc23)C(NC(=O)ON2C(=O)CCC2=O)C1C(=O)NCCOP(=O)(O)O. The number of amides is 4. The van der Waals surface area contributed by atoms with Crippen molar-refractivity contribution in [2.24, 2.45) is 10.9 Å². The standard InChI is InChI=1S/C36H42N5O10P/c1-7-37-26-17-28-24(15-19(26)3)32(25-16-20(4)27(38-8-2)18-29(25)50-28)21(5)13-23-14-22(6)33(35(44)39-11-12-49-52(46,47)48)34(23)40-36(45)51-41-30(42)9-10-31(41)43/h13-18,33-34,37H,6-12H2,1-5H3,(H,39,44)(H,40,45)(H2,46,47,48)/b21-13+,38-27+. The summed E-state index contributed by atoms with van der Waals surface area (Å²) in [5.41, 5.74) is 6.67. The van der Waals surface area contributed by atoms with Crippen LogP contribution >= 0.6 is 7.82 Å². The summed E-state index contributed by atoms with van der Waals surface area (Å²) in [6.07, 6.45) is 2.11. The van der Waals surface area contributed by atoms with E-state index in [1.807, 2.05) is 65.0 Å². The minimum atomic E-state index is -4.76. The maximum atomic E-state index is 13.5. The number of anilines is 1. The molecule has 2 unspecified atom stereocenters. The smallest absolute Gasteiger partial charge is 0.456 e. The Morgan fingerprint density at radius 1 is 1.12 bits per heavy atom. The van der Waals surface area contributed by atoms with E-state index in [4.69, 9.17) is 19.0 Å². The van der Waals surface area contributed by atoms with Crippen LogP contribution in [0, 0.1) is 19.8 Å². The molecule has 4 aliphatic rings. The van der Waals surface area contributed by atoms with Crippen LogP contribution in [-0.4, -0.2) is 70.9 Å². The molecule has 5 rings (SSSR count). The second kappa shape index (κ2) is 15.7. The van der Waals surface area contributed by atoms with Crippen molar-refractivity contribution < 1.29 is 47.3 Å². The first kappa shape index (κ1) is 38.2. The van der Waals surface area contributed by atoms with Gasteiger partial charge in [-0.1, -0.05) is 18.7 Å². The zero-order valence-corrected chi connectivity index (χ0v) is 30.5. The van der Waals surface area contributed by atoms with Crippen molar-refractivity contribution in [1.29, 1.82) is 0 Å². The molecule has 1 aromatic rings. The fourth-order valence-electron chi connectivity index (χ4n) is 6.42. The number of benzene rings is 2. The van der Waals surface area contributed by atoms with Gasteiger partial charge in [-0.25, -0.2) is 9.36 Å². The lowest BCUT2D eigenvalue weighted by Gasteiger charge is -2.24. The fourth-order valence-corrected chi connectivity index (χ4v) is 6.75. The first-order valence-electron chi connectivity index (χ1n) is 16.8. The minimum Gasteiger partial charge on any atom is -0.456 e. The van der Waals surface area contributed by atoms with Gasteiger partial charge in [-0.3, -0.25) is 23.9 Å². The predicted octanol–water partition coefficient (Wildman–Crippen LogP) is 4.41. The molecule has 0 spiro atoms. The van der Waals surface area contributed by atoms with E-state index in [1.165, 1.54) is 0 Å². The molecule has 1 aromatic carbocycles. The first-order chi connectivity index (χ1) is 24.6. The van der Waals surface area contributed by atoms with E-state index in [-0.39, 0.29) is 19.4 Å². The van der Waals surface area contributed by atoms with E-state index in [0.29, 0.717) is 40.6 Å². The van der Waals surface area contributed by atoms with Crippen LogP contribution in [0.1, 0.15) is 50.3 Å². The van der Waals surface area contributed by atoms with Crippen molar-refractivity contribution in [3.63, 3.8) is 0 Å². The summed E-state index contributed by atoms with van der Waals surface area (Å²) in [5, 5.41) is 10.6. The van der Waals surface area contributed by atoms with E-state index in [9.17, 15) is 23.7 Å². The molecular weight excluding hydrogens is 693 g/mol. The minimum absolute atomic E-state index is 0.102. The molecule has 52 heavy (non-hydrogen) atoms. The molecule has 0 radical (unpaired) electrons. The van der Waals surface area contributed by atoms with Gasteiger partial charge in [-0.15, -0.1) is 5.06 Å². The lowest BCUT2D eigenvalue weighted by atomic mass is 9.90. The van der Waals surface area contributed by atoms with Crippen LogP contribution in [0.15, 0.2) is 63.6 Å². The fraction of sp³-hybridized carbons (Fsp3) is 0.361. The van der Waals surface area contributed by atoms with Gasteiger partial charge in [0.1, 0.15) is 11.3 Å². The van der Waals surface area contributed by atoms with Crippen molar-refractivity contribution >= 4 is 53.9 Å². The lowest BCUT2D eigenvalue weighted by Crippen LogP contribution is -2.48. The van der Waals surface area contributed by atoms with E-state index >= 15 is 0 Å². The summed E-state index contributed by atoms with van der Waals surface area (Å²) in [5.74, 6) is -2.46. The zero-order valence-electron chi connectivity index (χ0n) is 29.6. The Hall–Kier alpha value is -5.08. The number of rotatable bonds is 12. The first-order valence-corrected chi connectivity index (χ1v) is 18.3. The quantitative estimate of drug-likeness (QED) is 0.0762. The normalized spacial score (nSPS) is 18.4. The van der Waals surface area contributed by atoms with E-state index in [0.717, 1.165) is 44.3 Å². The number of fused-ring (bicyclic) bond motifs is 2. The zero-order chi connectivity index (χ0) is 37.9. The number of imide groups is 1. The number of allylic oxidation sites excluding steroid dienone is 2. The molecule has 2 atom stereocenters. The molecule has 0 aromatic heterocycles. The number of hydrogen-bond donors (Lipinski definition) is 5. The summed E-state index contributed by atoms with van der Waals surface area (Å²) < 4.78 is 22.0. The van der Waals surface area contributed by atoms with Gasteiger partial charge in [-0.05, 0) is 80.2 Å². The van der Waals surface area contributed by atoms with Gasteiger partial charge in [0.25, 0.3) is 11.8 Å². The van der Waals surface area contributed by atoms with E-state index < -0.39 is 50.2 Å². The van der Waals surface area contributed by atoms with Crippen molar-refractivity contribution in [2.45, 2.75) is 53.5 Å². The Labute approximate surface area is 300 Å². The molecule has 1 saturated heterocycles. The third kappa shape index (κ3) is 8.34. The Morgan fingerprint density at radius 3 is 2.48 bits per heavy atom. The highest BCUT2D eigenvalue weighted by atomic mass is 31.2. The molecule has 276 valence electrons. The largest absolute Gasteiger partial charge is 0.469 e. The number of hydrogen-bond acceptors (Lipinski definition) is 10. The predicted molar refractivity (Wildman–Crippen MR) is 192 cm³/mol. The Bertz CT molecular complexity index is 2100. The van der Waals surface area contributed by atoms with Crippen molar-refractivity contribution in [3.05, 3.63) is 76.2 Å². The molecule has 2 aliphatic heterocycles. The number of carbonyl (C=O) groups is 4. The van der Waals surface area contributed by atoms with Crippen LogP contribution in [0.5, 0.6) is 0 Å². The molecule has 0 bridgehead atoms. The van der Waals surface area contributed by atoms with Crippen LogP contribution in [-0.2, 0) is 28.3 Å². The van der Waals surface area contributed by atoms with E-state index in [2.05, 4.69) is 32.0 Å². The number of phosphoric ester groups is 1. The Morgan fingerprint density at radius 2 is 1.83 bits per heavy atom. The molecule has 0 saturated carbocycles. The summed E-state index contributed by atoms with van der Waals surface area (Å²) in [6, 6.07) is 6.83. The van der Waals surface area contributed by atoms with Gasteiger partial charge < -0.3 is 35.0 Å². The number of nitrogens with zero attached hydrogens (tertiary/aromatic N) is 2. The summed E-state index contributed by atoms with van der Waals surface area (Å²) in [7, 11) is -4.76. The molecule has 2 heterocycles. The van der Waals surface area contributed by atoms with Crippen molar-refractivity contribution in [1.82, 2.24) is 15.7 Å². The van der Waals surface area contributed by atoms with Gasteiger partial charge in [0, 0.05) is 61.2 Å². The third-order valence-electron chi connectivity index (χ3n) is 8.70. The highest BCUT2D eigenvalue weighted by Crippen LogP contribution is 2.41. The molecule has 1 fully saturated rings. The number of phosphoric acid groups is 1. The van der Waals surface area contributed by atoms with Crippen LogP contribution < -0.4 is 21.3 Å². The second-order valence-corrected chi connectivity index (χ2v) is 13.7. The number of carbonyl (C=O) groups excluding carboxylic acids is 4. The summed E-state index contributed by atoms with van der Waals surface area (Å²) in [6.45, 7) is 14.5. The van der Waals surface area contributed by atoms with Crippen LogP contribution in [0.4, 0.5) is 10.5 Å². The number of aryl methyl sites for hydroxylation is 2. The second-order valence-electron chi connectivity index (χ2n) is 12.5. The Balaban J connectivity index is 1.59.